The summed E-state index contributed by atoms with van der Waals surface area (Å²) in [6.45, 7) is 6.82. The SMILES string of the molecule is CC(=O)CCC(=O)C1CC2OCC(C)C2CC1C. The van der Waals surface area contributed by atoms with Gasteiger partial charge in [-0.15, -0.1) is 0 Å². The summed E-state index contributed by atoms with van der Waals surface area (Å²) >= 11 is 0. The van der Waals surface area contributed by atoms with Crippen LogP contribution in [0.1, 0.15) is 46.5 Å². The number of carbonyl (C=O) groups excluding carboxylic acids is 2. The van der Waals surface area contributed by atoms with Gasteiger partial charge in [-0.2, -0.15) is 0 Å². The lowest BCUT2D eigenvalue weighted by Gasteiger charge is -2.36. The fraction of sp³-hybridized carbons (Fsp3) is 0.867. The lowest BCUT2D eigenvalue weighted by atomic mass is 9.69. The van der Waals surface area contributed by atoms with Crippen LogP contribution in [-0.4, -0.2) is 24.3 Å². The van der Waals surface area contributed by atoms with Gasteiger partial charge in [-0.3, -0.25) is 4.79 Å². The molecule has 5 atom stereocenters. The van der Waals surface area contributed by atoms with E-state index < -0.39 is 0 Å². The van der Waals surface area contributed by atoms with Crippen molar-refractivity contribution in [3.05, 3.63) is 0 Å². The average Bonchev–Trinajstić information content (AvgIpc) is 2.67. The van der Waals surface area contributed by atoms with Gasteiger partial charge in [0, 0.05) is 25.4 Å². The van der Waals surface area contributed by atoms with Gasteiger partial charge >= 0.3 is 0 Å². The standard InChI is InChI=1S/C15H24O3/c1-9-6-13-10(2)8-18-15(13)7-12(9)14(17)5-4-11(3)16/h9-10,12-13,15H,4-8H2,1-3H3. The van der Waals surface area contributed by atoms with Crippen molar-refractivity contribution in [2.24, 2.45) is 23.7 Å². The zero-order valence-corrected chi connectivity index (χ0v) is 11.6. The monoisotopic (exact) mass is 252 g/mol. The van der Waals surface area contributed by atoms with Gasteiger partial charge < -0.3 is 9.53 Å². The summed E-state index contributed by atoms with van der Waals surface area (Å²) in [6, 6.07) is 0. The first-order valence-corrected chi connectivity index (χ1v) is 7.12. The van der Waals surface area contributed by atoms with E-state index in [0.29, 0.717) is 30.6 Å². The van der Waals surface area contributed by atoms with E-state index in [1.165, 1.54) is 0 Å². The summed E-state index contributed by atoms with van der Waals surface area (Å²) < 4.78 is 5.80. The van der Waals surface area contributed by atoms with E-state index in [1.807, 2.05) is 0 Å². The molecule has 1 aliphatic heterocycles. The van der Waals surface area contributed by atoms with Crippen LogP contribution in [0, 0.1) is 23.7 Å². The average molecular weight is 252 g/mol. The first-order valence-electron chi connectivity index (χ1n) is 7.12. The second-order valence-electron chi connectivity index (χ2n) is 6.24. The Balaban J connectivity index is 1.94. The number of carbonyl (C=O) groups is 2. The molecule has 3 heteroatoms. The molecular weight excluding hydrogens is 228 g/mol. The molecule has 0 bridgehead atoms. The number of hydrogen-bond acceptors (Lipinski definition) is 3. The van der Waals surface area contributed by atoms with Crippen molar-refractivity contribution < 1.29 is 14.3 Å². The van der Waals surface area contributed by atoms with Crippen molar-refractivity contribution in [2.75, 3.05) is 6.61 Å². The molecule has 102 valence electrons. The third kappa shape index (κ3) is 2.82. The van der Waals surface area contributed by atoms with E-state index in [0.717, 1.165) is 19.4 Å². The zero-order chi connectivity index (χ0) is 13.3. The normalized spacial score (nSPS) is 39.4. The summed E-state index contributed by atoms with van der Waals surface area (Å²) in [5, 5.41) is 0. The van der Waals surface area contributed by atoms with Gasteiger partial charge in [0.15, 0.2) is 0 Å². The minimum Gasteiger partial charge on any atom is -0.378 e. The molecule has 3 nitrogen and oxygen atoms in total. The summed E-state index contributed by atoms with van der Waals surface area (Å²) in [5.41, 5.74) is 0. The van der Waals surface area contributed by atoms with Crippen LogP contribution < -0.4 is 0 Å². The highest BCUT2D eigenvalue weighted by atomic mass is 16.5. The zero-order valence-electron chi connectivity index (χ0n) is 11.6. The maximum absolute atomic E-state index is 12.2. The quantitative estimate of drug-likeness (QED) is 0.772. The summed E-state index contributed by atoms with van der Waals surface area (Å²) in [6.07, 6.45) is 3.06. The van der Waals surface area contributed by atoms with Crippen LogP contribution in [-0.2, 0) is 14.3 Å². The molecule has 0 aromatic rings. The maximum Gasteiger partial charge on any atom is 0.136 e. The van der Waals surface area contributed by atoms with Gasteiger partial charge in [0.05, 0.1) is 6.10 Å². The summed E-state index contributed by atoms with van der Waals surface area (Å²) in [7, 11) is 0. The van der Waals surface area contributed by atoms with E-state index in [9.17, 15) is 9.59 Å². The van der Waals surface area contributed by atoms with Crippen LogP contribution in [0.2, 0.25) is 0 Å². The predicted octanol–water partition coefficient (Wildman–Crippen LogP) is 2.62. The first-order chi connectivity index (χ1) is 8.49. The van der Waals surface area contributed by atoms with Crippen molar-refractivity contribution in [2.45, 2.75) is 52.6 Å². The lowest BCUT2D eigenvalue weighted by Crippen LogP contribution is -2.37. The molecule has 2 fully saturated rings. The van der Waals surface area contributed by atoms with E-state index in [1.54, 1.807) is 6.92 Å². The van der Waals surface area contributed by atoms with Gasteiger partial charge in [0.1, 0.15) is 11.6 Å². The molecule has 0 N–H and O–H groups in total. The Hall–Kier alpha value is -0.700. The molecule has 1 saturated heterocycles. The molecule has 1 heterocycles. The Morgan fingerprint density at radius 3 is 2.50 bits per heavy atom. The number of ether oxygens (including phenoxy) is 1. The van der Waals surface area contributed by atoms with Crippen LogP contribution in [0.25, 0.3) is 0 Å². The van der Waals surface area contributed by atoms with Crippen LogP contribution in [0.15, 0.2) is 0 Å². The van der Waals surface area contributed by atoms with Crippen LogP contribution >= 0.6 is 0 Å². The highest BCUT2D eigenvalue weighted by molar-refractivity contribution is 5.86. The molecule has 0 radical (unpaired) electrons. The van der Waals surface area contributed by atoms with Crippen molar-refractivity contribution in [3.63, 3.8) is 0 Å². The van der Waals surface area contributed by atoms with E-state index >= 15 is 0 Å². The van der Waals surface area contributed by atoms with E-state index in [-0.39, 0.29) is 23.6 Å². The largest absolute Gasteiger partial charge is 0.378 e. The number of Topliss-reactive ketones (excluding diaryl/α,β-unsaturated/α-hetero) is 2. The number of fused-ring (bicyclic) bond motifs is 1. The molecule has 0 spiro atoms. The van der Waals surface area contributed by atoms with Crippen LogP contribution in [0.3, 0.4) is 0 Å². The molecule has 0 aromatic heterocycles. The smallest absolute Gasteiger partial charge is 0.136 e. The van der Waals surface area contributed by atoms with Gasteiger partial charge in [-0.05, 0) is 37.5 Å². The van der Waals surface area contributed by atoms with Crippen molar-refractivity contribution in [1.82, 2.24) is 0 Å². The molecular formula is C15H24O3. The minimum atomic E-state index is 0.107. The number of ketones is 2. The summed E-state index contributed by atoms with van der Waals surface area (Å²) in [4.78, 5) is 23.1. The molecule has 0 amide bonds. The highest BCUT2D eigenvalue weighted by Gasteiger charge is 2.44. The Kier molecular flexibility index (Phi) is 4.21. The summed E-state index contributed by atoms with van der Waals surface area (Å²) in [5.74, 6) is 2.18. The van der Waals surface area contributed by atoms with Crippen molar-refractivity contribution in [1.29, 1.82) is 0 Å². The van der Waals surface area contributed by atoms with E-state index in [4.69, 9.17) is 4.74 Å². The molecule has 18 heavy (non-hydrogen) atoms. The van der Waals surface area contributed by atoms with Crippen molar-refractivity contribution in [3.8, 4) is 0 Å². The molecule has 1 saturated carbocycles. The second-order valence-corrected chi connectivity index (χ2v) is 6.24. The fourth-order valence-corrected chi connectivity index (χ4v) is 3.53. The third-order valence-electron chi connectivity index (χ3n) is 4.74. The van der Waals surface area contributed by atoms with Crippen LogP contribution in [0.4, 0.5) is 0 Å². The highest BCUT2D eigenvalue weighted by Crippen LogP contribution is 2.43. The van der Waals surface area contributed by atoms with Gasteiger partial charge in [0.2, 0.25) is 0 Å². The maximum atomic E-state index is 12.2. The molecule has 5 unspecified atom stereocenters. The Bertz CT molecular complexity index is 337. The topological polar surface area (TPSA) is 43.4 Å². The number of hydrogen-bond donors (Lipinski definition) is 0. The molecule has 2 rings (SSSR count). The predicted molar refractivity (Wildman–Crippen MR) is 69.2 cm³/mol. The van der Waals surface area contributed by atoms with Crippen molar-refractivity contribution >= 4 is 11.6 Å². The Morgan fingerprint density at radius 2 is 1.83 bits per heavy atom. The first kappa shape index (κ1) is 13.7. The van der Waals surface area contributed by atoms with Gasteiger partial charge in [-0.1, -0.05) is 13.8 Å². The third-order valence-corrected chi connectivity index (χ3v) is 4.74. The van der Waals surface area contributed by atoms with Crippen LogP contribution in [0.5, 0.6) is 0 Å². The Morgan fingerprint density at radius 1 is 1.11 bits per heavy atom. The minimum absolute atomic E-state index is 0.107. The molecule has 1 aliphatic carbocycles. The molecule has 2 aliphatic rings. The van der Waals surface area contributed by atoms with Gasteiger partial charge in [-0.25, -0.2) is 0 Å². The molecule has 0 aromatic carbocycles. The fourth-order valence-electron chi connectivity index (χ4n) is 3.53. The van der Waals surface area contributed by atoms with Gasteiger partial charge in [0.25, 0.3) is 0 Å². The number of rotatable bonds is 4. The van der Waals surface area contributed by atoms with E-state index in [2.05, 4.69) is 13.8 Å². The lowest BCUT2D eigenvalue weighted by molar-refractivity contribution is -0.129. The Labute approximate surface area is 109 Å². The second kappa shape index (κ2) is 5.52.